The summed E-state index contributed by atoms with van der Waals surface area (Å²) >= 11 is 0. The molecule has 2 heterocycles. The molecule has 1 aromatic heterocycles. The minimum atomic E-state index is 0.269. The van der Waals surface area contributed by atoms with E-state index in [1.54, 1.807) is 6.20 Å². The first-order valence-electron chi connectivity index (χ1n) is 5.84. The number of imidazole rings is 1. The van der Waals surface area contributed by atoms with E-state index in [0.29, 0.717) is 0 Å². The van der Waals surface area contributed by atoms with Crippen molar-refractivity contribution in [2.24, 2.45) is 7.05 Å². The van der Waals surface area contributed by atoms with Crippen molar-refractivity contribution in [2.45, 2.75) is 13.0 Å². The van der Waals surface area contributed by atoms with Crippen molar-refractivity contribution in [3.8, 4) is 0 Å². The molecule has 0 bridgehead atoms. The van der Waals surface area contributed by atoms with Gasteiger partial charge >= 0.3 is 0 Å². The summed E-state index contributed by atoms with van der Waals surface area (Å²) in [6.07, 6.45) is 4.00. The molecule has 1 unspecified atom stereocenters. The molecule has 0 amide bonds. The van der Waals surface area contributed by atoms with Crippen LogP contribution in [0.25, 0.3) is 0 Å². The monoisotopic (exact) mass is 224 g/mol. The van der Waals surface area contributed by atoms with E-state index in [1.165, 1.54) is 0 Å². The van der Waals surface area contributed by atoms with E-state index in [0.717, 1.165) is 38.7 Å². The summed E-state index contributed by atoms with van der Waals surface area (Å²) in [4.78, 5) is 6.63. The van der Waals surface area contributed by atoms with Crippen LogP contribution in [-0.2, 0) is 11.8 Å². The summed E-state index contributed by atoms with van der Waals surface area (Å²) < 4.78 is 7.68. The van der Waals surface area contributed by atoms with Crippen LogP contribution in [0.4, 0.5) is 5.95 Å². The maximum Gasteiger partial charge on any atom is 0.202 e. The van der Waals surface area contributed by atoms with E-state index >= 15 is 0 Å². The SMILES string of the molecule is CCN1CCOC(CNc2nccn2C)C1. The van der Waals surface area contributed by atoms with Gasteiger partial charge in [0.2, 0.25) is 5.95 Å². The Balaban J connectivity index is 1.79. The van der Waals surface area contributed by atoms with E-state index in [9.17, 15) is 0 Å². The van der Waals surface area contributed by atoms with Crippen molar-refractivity contribution in [1.82, 2.24) is 14.5 Å². The first kappa shape index (κ1) is 11.4. The van der Waals surface area contributed by atoms with Gasteiger partial charge in [-0.25, -0.2) is 4.98 Å². The molecule has 5 nitrogen and oxygen atoms in total. The summed E-state index contributed by atoms with van der Waals surface area (Å²) in [5.74, 6) is 0.900. The third-order valence-corrected chi connectivity index (χ3v) is 2.98. The van der Waals surface area contributed by atoms with Crippen molar-refractivity contribution in [3.63, 3.8) is 0 Å². The van der Waals surface area contributed by atoms with Gasteiger partial charge in [0.05, 0.1) is 12.7 Å². The Labute approximate surface area is 96.4 Å². The molecule has 16 heavy (non-hydrogen) atoms. The van der Waals surface area contributed by atoms with Crippen molar-refractivity contribution < 1.29 is 4.74 Å². The number of aryl methyl sites for hydroxylation is 1. The lowest BCUT2D eigenvalue weighted by Gasteiger charge is -2.32. The molecule has 1 aliphatic rings. The van der Waals surface area contributed by atoms with Gasteiger partial charge in [-0.1, -0.05) is 6.92 Å². The molecular formula is C11H20N4O. The molecule has 0 spiro atoms. The molecular weight excluding hydrogens is 204 g/mol. The van der Waals surface area contributed by atoms with Crippen LogP contribution in [0, 0.1) is 0 Å². The van der Waals surface area contributed by atoms with Gasteiger partial charge in [-0.2, -0.15) is 0 Å². The van der Waals surface area contributed by atoms with Crippen molar-refractivity contribution in [2.75, 3.05) is 38.1 Å². The van der Waals surface area contributed by atoms with Crippen molar-refractivity contribution in [1.29, 1.82) is 0 Å². The summed E-state index contributed by atoms with van der Waals surface area (Å²) in [7, 11) is 1.98. The Morgan fingerprint density at radius 1 is 1.62 bits per heavy atom. The average Bonchev–Trinajstić information content (AvgIpc) is 2.72. The fraction of sp³-hybridized carbons (Fsp3) is 0.727. The smallest absolute Gasteiger partial charge is 0.202 e. The second-order valence-electron chi connectivity index (χ2n) is 4.13. The molecule has 1 N–H and O–H groups in total. The maximum absolute atomic E-state index is 5.71. The van der Waals surface area contributed by atoms with Crippen LogP contribution in [0.5, 0.6) is 0 Å². The van der Waals surface area contributed by atoms with Gasteiger partial charge in [0, 0.05) is 39.1 Å². The maximum atomic E-state index is 5.71. The Bertz CT molecular complexity index is 326. The number of nitrogens with one attached hydrogen (secondary N) is 1. The van der Waals surface area contributed by atoms with Gasteiger partial charge in [0.1, 0.15) is 0 Å². The highest BCUT2D eigenvalue weighted by molar-refractivity contribution is 5.25. The van der Waals surface area contributed by atoms with Crippen LogP contribution in [0.2, 0.25) is 0 Å². The molecule has 1 fully saturated rings. The number of likely N-dealkylation sites (N-methyl/N-ethyl adjacent to an activating group) is 1. The lowest BCUT2D eigenvalue weighted by atomic mass is 10.2. The van der Waals surface area contributed by atoms with Crippen LogP contribution < -0.4 is 5.32 Å². The lowest BCUT2D eigenvalue weighted by Crippen LogP contribution is -2.45. The minimum Gasteiger partial charge on any atom is -0.374 e. The second kappa shape index (κ2) is 5.32. The van der Waals surface area contributed by atoms with Crippen molar-refractivity contribution >= 4 is 5.95 Å². The predicted octanol–water partition coefficient (Wildman–Crippen LogP) is 0.553. The first-order chi connectivity index (χ1) is 7.79. The standard InChI is InChI=1S/C11H20N4O/c1-3-15-6-7-16-10(9-15)8-13-11-12-4-5-14(11)2/h4-5,10H,3,6-9H2,1-2H3,(H,12,13). The average molecular weight is 224 g/mol. The van der Waals surface area contributed by atoms with E-state index in [2.05, 4.69) is 22.1 Å². The van der Waals surface area contributed by atoms with Gasteiger partial charge in [-0.15, -0.1) is 0 Å². The predicted molar refractivity (Wildman–Crippen MR) is 63.6 cm³/mol. The minimum absolute atomic E-state index is 0.269. The van der Waals surface area contributed by atoms with Gasteiger partial charge in [-0.3, -0.25) is 4.90 Å². The number of ether oxygens (including phenoxy) is 1. The second-order valence-corrected chi connectivity index (χ2v) is 4.13. The Morgan fingerprint density at radius 2 is 2.50 bits per heavy atom. The Kier molecular flexibility index (Phi) is 3.79. The van der Waals surface area contributed by atoms with Gasteiger partial charge < -0.3 is 14.6 Å². The molecule has 90 valence electrons. The fourth-order valence-corrected chi connectivity index (χ4v) is 1.93. The van der Waals surface area contributed by atoms with Crippen LogP contribution >= 0.6 is 0 Å². The molecule has 1 saturated heterocycles. The zero-order chi connectivity index (χ0) is 11.4. The number of rotatable bonds is 4. The molecule has 5 heteroatoms. The van der Waals surface area contributed by atoms with Crippen LogP contribution in [-0.4, -0.2) is 53.3 Å². The number of anilines is 1. The molecule has 1 atom stereocenters. The van der Waals surface area contributed by atoms with Crippen LogP contribution in [0.15, 0.2) is 12.4 Å². The van der Waals surface area contributed by atoms with E-state index in [4.69, 9.17) is 4.74 Å². The third kappa shape index (κ3) is 2.74. The molecule has 0 saturated carbocycles. The van der Waals surface area contributed by atoms with Gasteiger partial charge in [0.15, 0.2) is 0 Å². The zero-order valence-electron chi connectivity index (χ0n) is 10.0. The molecule has 1 aromatic rings. The highest BCUT2D eigenvalue weighted by Crippen LogP contribution is 2.07. The van der Waals surface area contributed by atoms with Gasteiger partial charge in [-0.05, 0) is 6.54 Å². The van der Waals surface area contributed by atoms with Crippen LogP contribution in [0.3, 0.4) is 0 Å². The summed E-state index contributed by atoms with van der Waals surface area (Å²) in [5, 5.41) is 3.31. The first-order valence-corrected chi connectivity index (χ1v) is 5.84. The van der Waals surface area contributed by atoms with E-state index in [-0.39, 0.29) is 6.10 Å². The lowest BCUT2D eigenvalue weighted by molar-refractivity contribution is -0.0192. The number of nitrogens with zero attached hydrogens (tertiary/aromatic N) is 3. The molecule has 1 aliphatic heterocycles. The summed E-state index contributed by atoms with van der Waals surface area (Å²) in [6.45, 7) is 7.00. The zero-order valence-corrected chi connectivity index (χ0v) is 10.0. The molecule has 0 aromatic carbocycles. The van der Waals surface area contributed by atoms with Crippen LogP contribution in [0.1, 0.15) is 6.92 Å². The number of morpholine rings is 1. The van der Waals surface area contributed by atoms with Crippen molar-refractivity contribution in [3.05, 3.63) is 12.4 Å². The Hall–Kier alpha value is -1.07. The number of aromatic nitrogens is 2. The number of hydrogen-bond acceptors (Lipinski definition) is 4. The summed E-state index contributed by atoms with van der Waals surface area (Å²) in [5.41, 5.74) is 0. The van der Waals surface area contributed by atoms with E-state index in [1.807, 2.05) is 17.8 Å². The summed E-state index contributed by atoms with van der Waals surface area (Å²) in [6, 6.07) is 0. The molecule has 0 radical (unpaired) electrons. The van der Waals surface area contributed by atoms with Gasteiger partial charge in [0.25, 0.3) is 0 Å². The molecule has 2 rings (SSSR count). The molecule has 0 aliphatic carbocycles. The normalized spacial score (nSPS) is 22.2. The topological polar surface area (TPSA) is 42.3 Å². The highest BCUT2D eigenvalue weighted by atomic mass is 16.5. The fourth-order valence-electron chi connectivity index (χ4n) is 1.93. The quantitative estimate of drug-likeness (QED) is 0.811. The van der Waals surface area contributed by atoms with E-state index < -0.39 is 0 Å². The highest BCUT2D eigenvalue weighted by Gasteiger charge is 2.19. The largest absolute Gasteiger partial charge is 0.374 e. The third-order valence-electron chi connectivity index (χ3n) is 2.98. The Morgan fingerprint density at radius 3 is 3.19 bits per heavy atom. The number of hydrogen-bond donors (Lipinski definition) is 1.